The summed E-state index contributed by atoms with van der Waals surface area (Å²) in [6.07, 6.45) is 1.68. The highest BCUT2D eigenvalue weighted by Gasteiger charge is 2.17. The smallest absolute Gasteiger partial charge is 0.269 e. The van der Waals surface area contributed by atoms with Crippen molar-refractivity contribution in [3.05, 3.63) is 76.6 Å². The number of benzene rings is 2. The molecule has 2 aromatic heterocycles. The first-order valence-electron chi connectivity index (χ1n) is 7.82. The molecule has 0 bridgehead atoms. The maximum atomic E-state index is 10.7. The molecule has 0 saturated carbocycles. The highest BCUT2D eigenvalue weighted by molar-refractivity contribution is 5.60. The van der Waals surface area contributed by atoms with Crippen molar-refractivity contribution < 1.29 is 9.34 Å². The van der Waals surface area contributed by atoms with Crippen molar-refractivity contribution in [1.29, 1.82) is 0 Å². The van der Waals surface area contributed by atoms with Crippen LogP contribution in [0.1, 0.15) is 5.69 Å². The van der Waals surface area contributed by atoms with E-state index in [0.717, 1.165) is 16.9 Å². The van der Waals surface area contributed by atoms with Crippen molar-refractivity contribution in [2.75, 3.05) is 0 Å². The van der Waals surface area contributed by atoms with Crippen LogP contribution in [0.25, 0.3) is 28.6 Å². The fourth-order valence-electron chi connectivity index (χ4n) is 2.62. The van der Waals surface area contributed by atoms with Gasteiger partial charge in [-0.1, -0.05) is 18.2 Å². The Bertz CT molecular complexity index is 1070. The molecule has 0 spiro atoms. The SMILES string of the molecule is Cc1c(-c2nnc(-c3ccc([N+](=O)[O-])cc3)o2)cnn1-c1ccccc1. The van der Waals surface area contributed by atoms with Crippen LogP contribution in [0.3, 0.4) is 0 Å². The Labute approximate surface area is 147 Å². The molecule has 0 saturated heterocycles. The first-order valence-corrected chi connectivity index (χ1v) is 7.82. The zero-order valence-corrected chi connectivity index (χ0v) is 13.7. The van der Waals surface area contributed by atoms with Crippen molar-refractivity contribution in [3.8, 4) is 28.6 Å². The molecule has 128 valence electrons. The Morgan fingerprint density at radius 1 is 1.00 bits per heavy atom. The van der Waals surface area contributed by atoms with Gasteiger partial charge in [0.15, 0.2) is 0 Å². The Kier molecular flexibility index (Phi) is 3.77. The van der Waals surface area contributed by atoms with Gasteiger partial charge < -0.3 is 4.42 Å². The van der Waals surface area contributed by atoms with Crippen LogP contribution in [0.15, 0.2) is 65.2 Å². The molecule has 8 nitrogen and oxygen atoms in total. The molecule has 2 aromatic carbocycles. The van der Waals surface area contributed by atoms with E-state index in [4.69, 9.17) is 4.42 Å². The van der Waals surface area contributed by atoms with Crippen molar-refractivity contribution in [3.63, 3.8) is 0 Å². The summed E-state index contributed by atoms with van der Waals surface area (Å²) < 4.78 is 7.54. The van der Waals surface area contributed by atoms with E-state index in [0.29, 0.717) is 17.3 Å². The summed E-state index contributed by atoms with van der Waals surface area (Å²) in [6, 6.07) is 15.7. The molecule has 4 rings (SSSR count). The van der Waals surface area contributed by atoms with Crippen LogP contribution in [0.5, 0.6) is 0 Å². The third kappa shape index (κ3) is 2.73. The predicted molar refractivity (Wildman–Crippen MR) is 93.7 cm³/mol. The minimum absolute atomic E-state index is 0.00784. The number of nitro benzene ring substituents is 1. The van der Waals surface area contributed by atoms with Crippen LogP contribution in [0.4, 0.5) is 5.69 Å². The number of nitro groups is 1. The van der Waals surface area contributed by atoms with E-state index in [1.165, 1.54) is 12.1 Å². The van der Waals surface area contributed by atoms with Crippen LogP contribution in [0, 0.1) is 17.0 Å². The Balaban J connectivity index is 1.66. The van der Waals surface area contributed by atoms with Gasteiger partial charge in [-0.2, -0.15) is 5.10 Å². The summed E-state index contributed by atoms with van der Waals surface area (Å²) in [7, 11) is 0. The second-order valence-electron chi connectivity index (χ2n) is 5.61. The average Bonchev–Trinajstić information content (AvgIpc) is 3.29. The lowest BCUT2D eigenvalue weighted by Crippen LogP contribution is -1.98. The molecule has 0 unspecified atom stereocenters. The normalized spacial score (nSPS) is 10.8. The fourth-order valence-corrected chi connectivity index (χ4v) is 2.62. The lowest BCUT2D eigenvalue weighted by atomic mass is 10.2. The second-order valence-corrected chi connectivity index (χ2v) is 5.61. The van der Waals surface area contributed by atoms with Crippen LogP contribution in [-0.4, -0.2) is 24.9 Å². The van der Waals surface area contributed by atoms with Crippen molar-refractivity contribution in [1.82, 2.24) is 20.0 Å². The van der Waals surface area contributed by atoms with E-state index in [9.17, 15) is 10.1 Å². The third-order valence-electron chi connectivity index (χ3n) is 3.99. The lowest BCUT2D eigenvalue weighted by Gasteiger charge is -2.03. The average molecular weight is 347 g/mol. The maximum absolute atomic E-state index is 10.7. The monoisotopic (exact) mass is 347 g/mol. The molecule has 0 radical (unpaired) electrons. The second kappa shape index (κ2) is 6.25. The molecule has 0 aliphatic heterocycles. The molecule has 0 amide bonds. The fraction of sp³-hybridized carbons (Fsp3) is 0.0556. The number of hydrogen-bond acceptors (Lipinski definition) is 6. The highest BCUT2D eigenvalue weighted by Crippen LogP contribution is 2.28. The Hall–Kier alpha value is -3.81. The van der Waals surface area contributed by atoms with E-state index in [-0.39, 0.29) is 5.69 Å². The quantitative estimate of drug-likeness (QED) is 0.411. The molecule has 8 heteroatoms. The van der Waals surface area contributed by atoms with Gasteiger partial charge in [-0.15, -0.1) is 10.2 Å². The van der Waals surface area contributed by atoms with E-state index in [2.05, 4.69) is 15.3 Å². The standard InChI is InChI=1S/C18H13N5O3/c1-12-16(11-19-22(12)14-5-3-2-4-6-14)18-21-20-17(26-18)13-7-9-15(10-8-13)23(24)25/h2-11H,1H3. The van der Waals surface area contributed by atoms with Crippen LogP contribution in [0.2, 0.25) is 0 Å². The molecule has 0 aliphatic carbocycles. The predicted octanol–water partition coefficient (Wildman–Crippen LogP) is 3.81. The lowest BCUT2D eigenvalue weighted by molar-refractivity contribution is -0.384. The Morgan fingerprint density at radius 2 is 1.69 bits per heavy atom. The largest absolute Gasteiger partial charge is 0.416 e. The minimum Gasteiger partial charge on any atom is -0.416 e. The first-order chi connectivity index (χ1) is 12.6. The highest BCUT2D eigenvalue weighted by atomic mass is 16.6. The molecule has 0 aliphatic rings. The van der Waals surface area contributed by atoms with Gasteiger partial charge in [0.05, 0.1) is 28.1 Å². The van der Waals surface area contributed by atoms with E-state index < -0.39 is 4.92 Å². The van der Waals surface area contributed by atoms with Gasteiger partial charge in [0, 0.05) is 17.7 Å². The number of nitrogens with zero attached hydrogens (tertiary/aromatic N) is 5. The van der Waals surface area contributed by atoms with Crippen LogP contribution >= 0.6 is 0 Å². The van der Waals surface area contributed by atoms with Gasteiger partial charge in [-0.05, 0) is 31.2 Å². The van der Waals surface area contributed by atoms with E-state index >= 15 is 0 Å². The Morgan fingerprint density at radius 3 is 2.38 bits per heavy atom. The van der Waals surface area contributed by atoms with Gasteiger partial charge in [0.25, 0.3) is 11.6 Å². The minimum atomic E-state index is -0.454. The maximum Gasteiger partial charge on any atom is 0.269 e. The molecule has 0 atom stereocenters. The van der Waals surface area contributed by atoms with Gasteiger partial charge in [0.1, 0.15) is 0 Å². The van der Waals surface area contributed by atoms with Crippen molar-refractivity contribution >= 4 is 5.69 Å². The first kappa shape index (κ1) is 15.7. The zero-order chi connectivity index (χ0) is 18.1. The molecule has 0 N–H and O–H groups in total. The summed E-state index contributed by atoms with van der Waals surface area (Å²) >= 11 is 0. The summed E-state index contributed by atoms with van der Waals surface area (Å²) in [5.74, 6) is 0.639. The summed E-state index contributed by atoms with van der Waals surface area (Å²) in [4.78, 5) is 10.3. The van der Waals surface area contributed by atoms with Gasteiger partial charge in [-0.3, -0.25) is 10.1 Å². The van der Waals surface area contributed by atoms with Gasteiger partial charge >= 0.3 is 0 Å². The number of rotatable bonds is 4. The zero-order valence-electron chi connectivity index (χ0n) is 13.7. The van der Waals surface area contributed by atoms with Gasteiger partial charge in [0.2, 0.25) is 5.89 Å². The van der Waals surface area contributed by atoms with Gasteiger partial charge in [-0.25, -0.2) is 4.68 Å². The van der Waals surface area contributed by atoms with Crippen LogP contribution in [-0.2, 0) is 0 Å². The van der Waals surface area contributed by atoms with Crippen LogP contribution < -0.4 is 0 Å². The molecule has 0 fully saturated rings. The number of non-ortho nitro benzene ring substituents is 1. The summed E-state index contributed by atoms with van der Waals surface area (Å²) in [5, 5.41) is 23.3. The number of hydrogen-bond donors (Lipinski definition) is 0. The van der Waals surface area contributed by atoms with E-state index in [1.54, 1.807) is 23.0 Å². The number of aromatic nitrogens is 4. The third-order valence-corrected chi connectivity index (χ3v) is 3.99. The van der Waals surface area contributed by atoms with Crippen molar-refractivity contribution in [2.45, 2.75) is 6.92 Å². The molecular formula is C18H13N5O3. The van der Waals surface area contributed by atoms with Crippen molar-refractivity contribution in [2.24, 2.45) is 0 Å². The summed E-state index contributed by atoms with van der Waals surface area (Å²) in [6.45, 7) is 1.92. The summed E-state index contributed by atoms with van der Waals surface area (Å²) in [5.41, 5.74) is 3.16. The molecule has 4 aromatic rings. The molecular weight excluding hydrogens is 334 g/mol. The molecule has 26 heavy (non-hydrogen) atoms. The van der Waals surface area contributed by atoms with E-state index in [1.807, 2.05) is 37.3 Å². The number of para-hydroxylation sites is 1. The molecule has 2 heterocycles. The topological polar surface area (TPSA) is 99.9 Å².